The van der Waals surface area contributed by atoms with Gasteiger partial charge in [-0.05, 0) is 68.8 Å². The fourth-order valence-corrected chi connectivity index (χ4v) is 3.82. The molecule has 0 spiro atoms. The summed E-state index contributed by atoms with van der Waals surface area (Å²) in [5.74, 6) is -0.0268. The Labute approximate surface area is 172 Å². The molecule has 0 aliphatic carbocycles. The third-order valence-electron chi connectivity index (χ3n) is 5.39. The quantitative estimate of drug-likeness (QED) is 0.629. The van der Waals surface area contributed by atoms with E-state index < -0.39 is 0 Å². The first kappa shape index (κ1) is 19.6. The summed E-state index contributed by atoms with van der Waals surface area (Å²) in [6.45, 7) is 4.62. The summed E-state index contributed by atoms with van der Waals surface area (Å²) in [6.07, 6.45) is 8.82. The summed E-state index contributed by atoms with van der Waals surface area (Å²) in [4.78, 5) is 2.47. The number of benzene rings is 2. The van der Waals surface area contributed by atoms with Crippen molar-refractivity contribution in [3.05, 3.63) is 72.1 Å². The molecule has 0 saturated carbocycles. The number of rotatable bonds is 7. The number of allylic oxidation sites excluding steroid dienone is 1. The van der Waals surface area contributed by atoms with Crippen molar-refractivity contribution in [2.45, 2.75) is 25.7 Å². The highest BCUT2D eigenvalue weighted by Gasteiger charge is 2.14. The maximum atomic E-state index is 14.6. The first-order chi connectivity index (χ1) is 14.3. The number of nitrogens with zero attached hydrogens (tertiary/aromatic N) is 3. The highest BCUT2D eigenvalue weighted by Crippen LogP contribution is 2.22. The van der Waals surface area contributed by atoms with Gasteiger partial charge in [0.15, 0.2) is 11.6 Å². The van der Waals surface area contributed by atoms with Crippen molar-refractivity contribution in [1.82, 2.24) is 4.90 Å². The molecule has 0 bridgehead atoms. The lowest BCUT2D eigenvalue weighted by Crippen LogP contribution is -2.31. The molecule has 0 aromatic heterocycles. The molecule has 2 aromatic carbocycles. The first-order valence-electron chi connectivity index (χ1n) is 10.5. The number of halogens is 1. The van der Waals surface area contributed by atoms with Gasteiger partial charge in [0.2, 0.25) is 0 Å². The minimum Gasteiger partial charge on any atom is -0.490 e. The Kier molecular flexibility index (Phi) is 6.57. The second-order valence-corrected chi connectivity index (χ2v) is 7.55. The molecule has 1 fully saturated rings. The van der Waals surface area contributed by atoms with E-state index in [-0.39, 0.29) is 5.82 Å². The van der Waals surface area contributed by atoms with E-state index in [1.165, 1.54) is 38.4 Å². The van der Waals surface area contributed by atoms with Gasteiger partial charge in [-0.3, -0.25) is 5.01 Å². The average Bonchev–Trinajstić information content (AvgIpc) is 2.79. The summed E-state index contributed by atoms with van der Waals surface area (Å²) in [5, 5.41) is 6.59. The zero-order valence-corrected chi connectivity index (χ0v) is 16.8. The van der Waals surface area contributed by atoms with E-state index in [4.69, 9.17) is 4.74 Å². The van der Waals surface area contributed by atoms with Crippen LogP contribution in [0.25, 0.3) is 0 Å². The van der Waals surface area contributed by atoms with Crippen LogP contribution in [0.4, 0.5) is 10.1 Å². The molecule has 152 valence electrons. The molecule has 2 heterocycles. The van der Waals surface area contributed by atoms with E-state index in [2.05, 4.69) is 10.0 Å². The molecular weight excluding hydrogens is 365 g/mol. The Morgan fingerprint density at radius 3 is 2.62 bits per heavy atom. The Hall–Kier alpha value is -2.66. The predicted molar refractivity (Wildman–Crippen MR) is 116 cm³/mol. The van der Waals surface area contributed by atoms with Gasteiger partial charge >= 0.3 is 0 Å². The largest absolute Gasteiger partial charge is 0.490 e. The van der Waals surface area contributed by atoms with Gasteiger partial charge in [0.25, 0.3) is 0 Å². The van der Waals surface area contributed by atoms with Crippen LogP contribution in [0.15, 0.2) is 65.8 Å². The fourth-order valence-electron chi connectivity index (χ4n) is 3.82. The Morgan fingerprint density at radius 1 is 1.00 bits per heavy atom. The molecule has 0 amide bonds. The fraction of sp³-hybridized carbons (Fsp3) is 0.375. The second-order valence-electron chi connectivity index (χ2n) is 7.55. The number of piperidine rings is 1. The minimum atomic E-state index is -0.339. The van der Waals surface area contributed by atoms with Crippen LogP contribution < -0.4 is 9.75 Å². The Bertz CT molecular complexity index is 860. The van der Waals surface area contributed by atoms with Crippen LogP contribution in [0.1, 0.15) is 31.2 Å². The third-order valence-corrected chi connectivity index (χ3v) is 5.39. The predicted octanol–water partition coefficient (Wildman–Crippen LogP) is 4.86. The molecule has 0 atom stereocenters. The summed E-state index contributed by atoms with van der Waals surface area (Å²) in [7, 11) is 0. The maximum Gasteiger partial charge on any atom is 0.165 e. The number of anilines is 1. The third kappa shape index (κ3) is 5.24. The van der Waals surface area contributed by atoms with Crippen LogP contribution in [0.2, 0.25) is 0 Å². The first-order valence-corrected chi connectivity index (χ1v) is 10.5. The van der Waals surface area contributed by atoms with Crippen molar-refractivity contribution < 1.29 is 9.13 Å². The molecule has 0 N–H and O–H groups in total. The van der Waals surface area contributed by atoms with Crippen LogP contribution in [-0.2, 0) is 0 Å². The molecule has 5 heteroatoms. The van der Waals surface area contributed by atoms with Gasteiger partial charge < -0.3 is 9.64 Å². The number of likely N-dealkylation sites (tertiary alicyclic amines) is 1. The average molecular weight is 394 g/mol. The molecule has 29 heavy (non-hydrogen) atoms. The minimum absolute atomic E-state index is 0.313. The number of hydrogen-bond donors (Lipinski definition) is 0. The number of hydrogen-bond acceptors (Lipinski definition) is 4. The molecule has 2 aliphatic rings. The van der Waals surface area contributed by atoms with E-state index in [0.717, 1.165) is 29.9 Å². The monoisotopic (exact) mass is 393 g/mol. The van der Waals surface area contributed by atoms with Gasteiger partial charge in [-0.15, -0.1) is 0 Å². The Balaban J connectivity index is 1.35. The molecule has 1 saturated heterocycles. The van der Waals surface area contributed by atoms with Crippen LogP contribution in [0, 0.1) is 5.82 Å². The number of ether oxygens (including phenoxy) is 1. The number of para-hydroxylation sites is 1. The van der Waals surface area contributed by atoms with Crippen molar-refractivity contribution in [2.75, 3.05) is 37.8 Å². The van der Waals surface area contributed by atoms with Gasteiger partial charge in [0, 0.05) is 12.1 Å². The molecule has 0 unspecified atom stereocenters. The zero-order valence-electron chi connectivity index (χ0n) is 16.8. The SMILES string of the molecule is Fc1cc(C2=NN(c3ccccc3)CC=C2)ccc1OCCCN1CCCCC1. The van der Waals surface area contributed by atoms with Gasteiger partial charge in [-0.25, -0.2) is 4.39 Å². The standard InChI is InChI=1S/C24H28FN3O/c25-22-19-20(23-11-7-17-28(26-23)21-9-3-1-4-10-21)12-13-24(22)29-18-8-16-27-14-5-2-6-15-27/h1,3-4,7,9-13,19H,2,5-6,8,14-18H2. The molecule has 2 aromatic rings. The molecule has 2 aliphatic heterocycles. The van der Waals surface area contributed by atoms with Crippen LogP contribution >= 0.6 is 0 Å². The van der Waals surface area contributed by atoms with Gasteiger partial charge in [0.05, 0.1) is 24.6 Å². The van der Waals surface area contributed by atoms with Crippen LogP contribution in [-0.4, -0.2) is 43.4 Å². The highest BCUT2D eigenvalue weighted by molar-refractivity contribution is 6.09. The van der Waals surface area contributed by atoms with Crippen LogP contribution in [0.5, 0.6) is 5.75 Å². The van der Waals surface area contributed by atoms with Crippen molar-refractivity contribution >= 4 is 11.4 Å². The topological polar surface area (TPSA) is 28.1 Å². The summed E-state index contributed by atoms with van der Waals surface area (Å²) < 4.78 is 20.3. The highest BCUT2D eigenvalue weighted by atomic mass is 19.1. The molecule has 0 radical (unpaired) electrons. The van der Waals surface area contributed by atoms with E-state index in [0.29, 0.717) is 18.9 Å². The normalized spacial score (nSPS) is 17.3. The summed E-state index contributed by atoms with van der Waals surface area (Å²) >= 11 is 0. The number of hydrazone groups is 1. The maximum absolute atomic E-state index is 14.6. The van der Waals surface area contributed by atoms with Gasteiger partial charge in [0.1, 0.15) is 0 Å². The lowest BCUT2D eigenvalue weighted by atomic mass is 10.1. The molecule has 4 rings (SSSR count). The van der Waals surface area contributed by atoms with Gasteiger partial charge in [-0.2, -0.15) is 5.10 Å². The second kappa shape index (κ2) is 9.70. The molecular formula is C24H28FN3O. The van der Waals surface area contributed by atoms with Crippen molar-refractivity contribution in [3.8, 4) is 5.75 Å². The lowest BCUT2D eigenvalue weighted by Gasteiger charge is -2.26. The van der Waals surface area contributed by atoms with E-state index in [9.17, 15) is 4.39 Å². The van der Waals surface area contributed by atoms with Gasteiger partial charge in [-0.1, -0.05) is 30.7 Å². The summed E-state index contributed by atoms with van der Waals surface area (Å²) in [6, 6.07) is 15.1. The smallest absolute Gasteiger partial charge is 0.165 e. The summed E-state index contributed by atoms with van der Waals surface area (Å²) in [5.41, 5.74) is 2.51. The van der Waals surface area contributed by atoms with Crippen molar-refractivity contribution in [1.29, 1.82) is 0 Å². The molecule has 4 nitrogen and oxygen atoms in total. The van der Waals surface area contributed by atoms with Crippen LogP contribution in [0.3, 0.4) is 0 Å². The van der Waals surface area contributed by atoms with E-state index >= 15 is 0 Å². The van der Waals surface area contributed by atoms with E-state index in [1.54, 1.807) is 6.07 Å². The lowest BCUT2D eigenvalue weighted by molar-refractivity contribution is 0.203. The van der Waals surface area contributed by atoms with Crippen molar-refractivity contribution in [3.63, 3.8) is 0 Å². The van der Waals surface area contributed by atoms with E-state index in [1.807, 2.05) is 53.6 Å². The zero-order chi connectivity index (χ0) is 19.9. The Morgan fingerprint density at radius 2 is 1.83 bits per heavy atom. The van der Waals surface area contributed by atoms with Crippen molar-refractivity contribution in [2.24, 2.45) is 5.10 Å².